The third-order valence-electron chi connectivity index (χ3n) is 7.08. The second kappa shape index (κ2) is 10.3. The molecule has 4 aromatic rings. The van der Waals surface area contributed by atoms with Crippen molar-refractivity contribution in [3.8, 4) is 11.3 Å². The van der Waals surface area contributed by atoms with Crippen molar-refractivity contribution >= 4 is 48.8 Å². The molecule has 0 saturated carbocycles. The van der Waals surface area contributed by atoms with Gasteiger partial charge in [-0.2, -0.15) is 0 Å². The van der Waals surface area contributed by atoms with Crippen LogP contribution in [0.5, 0.6) is 0 Å². The first-order chi connectivity index (χ1) is 18.6. The number of hydrogen-bond donors (Lipinski definition) is 0. The van der Waals surface area contributed by atoms with Crippen LogP contribution in [0.2, 0.25) is 0 Å². The minimum atomic E-state index is -4.09. The Hall–Kier alpha value is -3.43. The predicted molar refractivity (Wildman–Crippen MR) is 152 cm³/mol. The number of esters is 2. The van der Waals surface area contributed by atoms with Gasteiger partial charge in [-0.05, 0) is 61.7 Å². The Labute approximate surface area is 235 Å². The zero-order valence-corrected chi connectivity index (χ0v) is 24.3. The summed E-state index contributed by atoms with van der Waals surface area (Å²) in [5.41, 5.74) is 2.05. The number of ether oxygens (including phenoxy) is 2. The number of nitrogens with zero attached hydrogens (tertiary/aromatic N) is 1. The molecule has 0 atom stereocenters. The minimum absolute atomic E-state index is 0.0242. The largest absolute Gasteiger partial charge is 0.465 e. The molecule has 0 unspecified atom stereocenters. The standard InChI is InChI=1S/C30H28BrNO6S/c1-4-37-28(33)30(29(34)38-5-2)17-21-15-22(31)16-25-26(21)24(18-30)27(20-9-7-6-8-10-20)32(25)39(35,36)23-13-11-19(3)12-14-23/h6-16H,4-5,17-18H2,1-3H3. The molecule has 9 heteroatoms. The van der Waals surface area contributed by atoms with Crippen molar-refractivity contribution in [2.45, 2.75) is 38.5 Å². The van der Waals surface area contributed by atoms with Crippen LogP contribution in [0.3, 0.4) is 0 Å². The molecule has 0 bridgehead atoms. The number of aromatic nitrogens is 1. The van der Waals surface area contributed by atoms with Crippen LogP contribution in [0.25, 0.3) is 22.2 Å². The molecule has 202 valence electrons. The fourth-order valence-corrected chi connectivity index (χ4v) is 7.42. The first kappa shape index (κ1) is 27.1. The minimum Gasteiger partial charge on any atom is -0.465 e. The Morgan fingerprint density at radius 1 is 0.923 bits per heavy atom. The molecule has 1 heterocycles. The summed E-state index contributed by atoms with van der Waals surface area (Å²) >= 11 is 3.54. The molecule has 7 nitrogen and oxygen atoms in total. The quantitative estimate of drug-likeness (QED) is 0.193. The molecule has 0 saturated heterocycles. The van der Waals surface area contributed by atoms with Crippen LogP contribution in [0.15, 0.2) is 76.1 Å². The summed E-state index contributed by atoms with van der Waals surface area (Å²) in [6, 6.07) is 19.4. The smallest absolute Gasteiger partial charge is 0.324 e. The van der Waals surface area contributed by atoms with Crippen LogP contribution >= 0.6 is 15.9 Å². The van der Waals surface area contributed by atoms with E-state index < -0.39 is 27.4 Å². The number of hydrogen-bond acceptors (Lipinski definition) is 6. The van der Waals surface area contributed by atoms with Gasteiger partial charge in [0.15, 0.2) is 5.41 Å². The van der Waals surface area contributed by atoms with E-state index >= 15 is 0 Å². The summed E-state index contributed by atoms with van der Waals surface area (Å²) in [7, 11) is -4.09. The molecule has 0 radical (unpaired) electrons. The molecule has 1 aliphatic carbocycles. The lowest BCUT2D eigenvalue weighted by Gasteiger charge is -2.33. The van der Waals surface area contributed by atoms with E-state index in [9.17, 15) is 18.0 Å². The summed E-state index contributed by atoms with van der Waals surface area (Å²) in [5, 5.41) is 0.706. The van der Waals surface area contributed by atoms with Crippen LogP contribution in [-0.2, 0) is 41.9 Å². The number of halogens is 1. The summed E-state index contributed by atoms with van der Waals surface area (Å²) in [5.74, 6) is -1.37. The summed E-state index contributed by atoms with van der Waals surface area (Å²) in [6.45, 7) is 5.44. The molecule has 1 aliphatic rings. The maximum atomic E-state index is 14.3. The molecule has 0 N–H and O–H groups in total. The lowest BCUT2D eigenvalue weighted by atomic mass is 9.71. The summed E-state index contributed by atoms with van der Waals surface area (Å²) in [4.78, 5) is 27.1. The van der Waals surface area contributed by atoms with Crippen molar-refractivity contribution in [2.24, 2.45) is 5.41 Å². The van der Waals surface area contributed by atoms with Crippen LogP contribution in [0, 0.1) is 12.3 Å². The number of aryl methyl sites for hydroxylation is 1. The Bertz CT molecular complexity index is 1670. The van der Waals surface area contributed by atoms with Gasteiger partial charge in [0.1, 0.15) is 0 Å². The van der Waals surface area contributed by atoms with Crippen molar-refractivity contribution in [1.82, 2.24) is 3.97 Å². The molecule has 0 amide bonds. The number of carbonyl (C=O) groups excluding carboxylic acids is 2. The third-order valence-corrected chi connectivity index (χ3v) is 9.27. The van der Waals surface area contributed by atoms with Gasteiger partial charge in [0, 0.05) is 22.7 Å². The van der Waals surface area contributed by atoms with Crippen LogP contribution in [0.1, 0.15) is 30.5 Å². The van der Waals surface area contributed by atoms with Crippen molar-refractivity contribution in [3.63, 3.8) is 0 Å². The first-order valence-corrected chi connectivity index (χ1v) is 14.9. The van der Waals surface area contributed by atoms with E-state index in [1.165, 1.54) is 3.97 Å². The summed E-state index contributed by atoms with van der Waals surface area (Å²) < 4.78 is 41.5. The van der Waals surface area contributed by atoms with Crippen LogP contribution in [0.4, 0.5) is 0 Å². The Kier molecular flexibility index (Phi) is 7.15. The Morgan fingerprint density at radius 3 is 2.13 bits per heavy atom. The number of benzene rings is 3. The molecular formula is C30H28BrNO6S. The highest BCUT2D eigenvalue weighted by molar-refractivity contribution is 9.10. The van der Waals surface area contributed by atoms with Gasteiger partial charge in [-0.1, -0.05) is 64.0 Å². The van der Waals surface area contributed by atoms with E-state index in [2.05, 4.69) is 15.9 Å². The van der Waals surface area contributed by atoms with Gasteiger partial charge in [0.05, 0.1) is 29.3 Å². The zero-order valence-electron chi connectivity index (χ0n) is 21.9. The average Bonchev–Trinajstić information content (AvgIpc) is 3.24. The molecule has 0 aliphatic heterocycles. The highest BCUT2D eigenvalue weighted by Gasteiger charge is 2.53. The zero-order chi connectivity index (χ0) is 27.9. The fourth-order valence-electron chi connectivity index (χ4n) is 5.38. The van der Waals surface area contributed by atoms with Crippen LogP contribution < -0.4 is 0 Å². The van der Waals surface area contributed by atoms with E-state index in [4.69, 9.17) is 9.47 Å². The lowest BCUT2D eigenvalue weighted by Crippen LogP contribution is -2.47. The molecule has 3 aromatic carbocycles. The van der Waals surface area contributed by atoms with Crippen molar-refractivity contribution in [1.29, 1.82) is 0 Å². The first-order valence-electron chi connectivity index (χ1n) is 12.7. The predicted octanol–water partition coefficient (Wildman–Crippen LogP) is 5.83. The average molecular weight is 611 g/mol. The molecule has 1 aromatic heterocycles. The van der Waals surface area contributed by atoms with Crippen molar-refractivity contribution in [2.75, 3.05) is 13.2 Å². The van der Waals surface area contributed by atoms with E-state index in [0.29, 0.717) is 37.8 Å². The van der Waals surface area contributed by atoms with Gasteiger partial charge < -0.3 is 9.47 Å². The maximum Gasteiger partial charge on any atom is 0.324 e. The van der Waals surface area contributed by atoms with E-state index in [0.717, 1.165) is 5.56 Å². The Morgan fingerprint density at radius 2 is 1.54 bits per heavy atom. The second-order valence-corrected chi connectivity index (χ2v) is 12.3. The van der Waals surface area contributed by atoms with Gasteiger partial charge >= 0.3 is 11.9 Å². The van der Waals surface area contributed by atoms with E-state index in [1.54, 1.807) is 44.2 Å². The highest BCUT2D eigenvalue weighted by Crippen LogP contribution is 2.48. The second-order valence-electron chi connectivity index (χ2n) is 9.61. The van der Waals surface area contributed by atoms with Gasteiger partial charge in [-0.25, -0.2) is 12.4 Å². The fraction of sp³-hybridized carbons (Fsp3) is 0.267. The number of rotatable bonds is 7. The normalized spacial score (nSPS) is 14.3. The highest BCUT2D eigenvalue weighted by atomic mass is 79.9. The summed E-state index contributed by atoms with van der Waals surface area (Å²) in [6.07, 6.45) is -0.0348. The van der Waals surface area contributed by atoms with Gasteiger partial charge in [0.25, 0.3) is 10.0 Å². The lowest BCUT2D eigenvalue weighted by molar-refractivity contribution is -0.172. The van der Waals surface area contributed by atoms with Crippen LogP contribution in [-0.4, -0.2) is 37.5 Å². The topological polar surface area (TPSA) is 91.7 Å². The van der Waals surface area contributed by atoms with E-state index in [-0.39, 0.29) is 31.0 Å². The maximum absolute atomic E-state index is 14.3. The van der Waals surface area contributed by atoms with Gasteiger partial charge in [-0.3, -0.25) is 9.59 Å². The molecule has 0 fully saturated rings. The molecule has 5 rings (SSSR count). The van der Waals surface area contributed by atoms with Crippen molar-refractivity contribution < 1.29 is 27.5 Å². The van der Waals surface area contributed by atoms with Gasteiger partial charge in [0.2, 0.25) is 0 Å². The Balaban J connectivity index is 1.89. The molecular weight excluding hydrogens is 582 g/mol. The SMILES string of the molecule is CCOC(=O)C1(C(=O)OCC)Cc2cc(Br)cc3c2c(c(-c2ccccc2)n3S(=O)(=O)c2ccc(C)cc2)C1. The molecule has 0 spiro atoms. The third kappa shape index (κ3) is 4.47. The van der Waals surface area contributed by atoms with E-state index in [1.807, 2.05) is 43.3 Å². The van der Waals surface area contributed by atoms with Gasteiger partial charge in [-0.15, -0.1) is 0 Å². The van der Waals surface area contributed by atoms with Crippen molar-refractivity contribution in [3.05, 3.63) is 87.9 Å². The number of carbonyl (C=O) groups is 2. The molecule has 39 heavy (non-hydrogen) atoms. The monoisotopic (exact) mass is 609 g/mol.